The average Bonchev–Trinajstić information content (AvgIpc) is 2.88. The van der Waals surface area contributed by atoms with Crippen LogP contribution in [0.4, 0.5) is 27.5 Å². The number of amides is 1. The van der Waals surface area contributed by atoms with Crippen molar-refractivity contribution in [2.45, 2.75) is 19.9 Å². The maximum absolute atomic E-state index is 14.7. The molecule has 0 saturated carbocycles. The second-order valence-corrected chi connectivity index (χ2v) is 8.94. The van der Waals surface area contributed by atoms with E-state index >= 15 is 0 Å². The van der Waals surface area contributed by atoms with E-state index in [2.05, 4.69) is 20.6 Å². The van der Waals surface area contributed by atoms with Gasteiger partial charge in [0.1, 0.15) is 0 Å². The lowest BCUT2D eigenvalue weighted by molar-refractivity contribution is -0.118. The van der Waals surface area contributed by atoms with Gasteiger partial charge in [0.15, 0.2) is 23.1 Å². The Labute approximate surface area is 221 Å². The third-order valence-electron chi connectivity index (χ3n) is 5.49. The summed E-state index contributed by atoms with van der Waals surface area (Å²) in [6, 6.07) is 8.54. The second kappa shape index (κ2) is 13.0. The van der Waals surface area contributed by atoms with E-state index in [0.29, 0.717) is 34.2 Å². The lowest BCUT2D eigenvalue weighted by Crippen LogP contribution is -2.30. The van der Waals surface area contributed by atoms with E-state index in [1.807, 2.05) is 0 Å². The molecule has 0 aliphatic rings. The van der Waals surface area contributed by atoms with Crippen LogP contribution in [-0.2, 0) is 22.6 Å². The third kappa shape index (κ3) is 7.06. The number of carbonyl (C=O) groups is 1. The Kier molecular flexibility index (Phi) is 9.76. The summed E-state index contributed by atoms with van der Waals surface area (Å²) in [4.78, 5) is 19.4. The first-order valence-electron chi connectivity index (χ1n) is 11.3. The number of carbonyl (C=O) groups excluding carboxylic acids is 1. The van der Waals surface area contributed by atoms with Crippen LogP contribution in [0, 0.1) is 12.7 Å². The zero-order chi connectivity index (χ0) is 27.8. The zero-order valence-corrected chi connectivity index (χ0v) is 22.1. The van der Waals surface area contributed by atoms with Gasteiger partial charge in [-0.3, -0.25) is 9.35 Å². The quantitative estimate of drug-likeness (QED) is 0.233. The van der Waals surface area contributed by atoms with Crippen molar-refractivity contribution in [3.05, 3.63) is 53.5 Å². The van der Waals surface area contributed by atoms with Gasteiger partial charge in [0, 0.05) is 43.0 Å². The predicted octanol–water partition coefficient (Wildman–Crippen LogP) is 3.25. The molecule has 1 atom stereocenters. The first-order valence-corrected chi connectivity index (χ1v) is 12.3. The van der Waals surface area contributed by atoms with Gasteiger partial charge < -0.3 is 30.6 Å². The fourth-order valence-corrected chi connectivity index (χ4v) is 4.06. The number of primary amides is 1. The van der Waals surface area contributed by atoms with E-state index < -0.39 is 23.0 Å². The Balaban J connectivity index is 1.90. The molecule has 3 aromatic rings. The standard InChI is InChI=1S/C24H29FN6O6S/c1-14-6-5-7-18(16(14)13-31(38(33)34)9-8-21(26)32)29-23-17(25)12-27-24(30-23)28-15-10-19(35-2)22(37-4)20(11-15)36-3/h5-7,10-12H,8-9,13H2,1-4H3,(H2,26,32)(H,33,34)(H2,27,28,29,30). The molecule has 38 heavy (non-hydrogen) atoms. The number of nitrogens with zero attached hydrogens (tertiary/aromatic N) is 3. The number of rotatable bonds is 13. The van der Waals surface area contributed by atoms with Gasteiger partial charge in [-0.05, 0) is 24.1 Å². The van der Waals surface area contributed by atoms with Crippen molar-refractivity contribution in [1.82, 2.24) is 14.3 Å². The van der Waals surface area contributed by atoms with Gasteiger partial charge in [-0.2, -0.15) is 9.29 Å². The van der Waals surface area contributed by atoms with E-state index in [0.717, 1.165) is 11.8 Å². The molecule has 204 valence electrons. The van der Waals surface area contributed by atoms with Gasteiger partial charge in [0.05, 0.1) is 27.5 Å². The molecule has 0 bridgehead atoms. The number of aromatic nitrogens is 2. The van der Waals surface area contributed by atoms with Crippen molar-refractivity contribution < 1.29 is 32.2 Å². The number of nitrogens with one attached hydrogen (secondary N) is 2. The third-order valence-corrected chi connectivity index (χ3v) is 6.24. The lowest BCUT2D eigenvalue weighted by Gasteiger charge is -2.21. The summed E-state index contributed by atoms with van der Waals surface area (Å²) in [5.41, 5.74) is 7.53. The smallest absolute Gasteiger partial charge is 0.234 e. The molecule has 5 N–H and O–H groups in total. The summed E-state index contributed by atoms with van der Waals surface area (Å²) in [6.45, 7) is 1.77. The van der Waals surface area contributed by atoms with Crippen molar-refractivity contribution in [2.24, 2.45) is 5.73 Å². The topological polar surface area (TPSA) is 161 Å². The van der Waals surface area contributed by atoms with E-state index in [4.69, 9.17) is 19.9 Å². The maximum Gasteiger partial charge on any atom is 0.234 e. The zero-order valence-electron chi connectivity index (χ0n) is 21.3. The minimum atomic E-state index is -2.36. The number of aryl methyl sites for hydroxylation is 1. The van der Waals surface area contributed by atoms with Crippen molar-refractivity contribution in [1.29, 1.82) is 0 Å². The molecule has 12 nitrogen and oxygen atoms in total. The highest BCUT2D eigenvalue weighted by Gasteiger charge is 2.19. The van der Waals surface area contributed by atoms with E-state index in [-0.39, 0.29) is 31.3 Å². The first kappa shape index (κ1) is 28.6. The highest BCUT2D eigenvalue weighted by molar-refractivity contribution is 7.76. The van der Waals surface area contributed by atoms with E-state index in [1.165, 1.54) is 25.6 Å². The second-order valence-electron chi connectivity index (χ2n) is 7.97. The molecule has 0 spiro atoms. The van der Waals surface area contributed by atoms with Gasteiger partial charge in [0.25, 0.3) is 0 Å². The van der Waals surface area contributed by atoms with Crippen molar-refractivity contribution in [3.8, 4) is 17.2 Å². The van der Waals surface area contributed by atoms with Gasteiger partial charge in [-0.25, -0.2) is 13.6 Å². The van der Waals surface area contributed by atoms with E-state index in [1.54, 1.807) is 37.3 Å². The summed E-state index contributed by atoms with van der Waals surface area (Å²) in [7, 11) is 4.46. The number of ether oxygens (including phenoxy) is 3. The molecular formula is C24H29FN6O6S. The monoisotopic (exact) mass is 548 g/mol. The molecule has 1 unspecified atom stereocenters. The van der Waals surface area contributed by atoms with Crippen LogP contribution in [-0.4, -0.2) is 56.8 Å². The van der Waals surface area contributed by atoms with Crippen LogP contribution >= 0.6 is 0 Å². The molecule has 0 aliphatic carbocycles. The Morgan fingerprint density at radius 1 is 1.16 bits per heavy atom. The van der Waals surface area contributed by atoms with Crippen LogP contribution in [0.1, 0.15) is 17.5 Å². The number of methoxy groups -OCH3 is 3. The molecule has 1 amide bonds. The molecule has 0 saturated heterocycles. The molecule has 2 aromatic carbocycles. The van der Waals surface area contributed by atoms with Gasteiger partial charge >= 0.3 is 0 Å². The van der Waals surface area contributed by atoms with Gasteiger partial charge in [-0.1, -0.05) is 12.1 Å². The SMILES string of the molecule is COc1cc(Nc2ncc(F)c(Nc3cccc(C)c3CN(CCC(N)=O)S(=O)O)n2)cc(OC)c1OC. The number of anilines is 4. The molecule has 0 fully saturated rings. The van der Waals surface area contributed by atoms with Crippen LogP contribution in [0.3, 0.4) is 0 Å². The average molecular weight is 549 g/mol. The van der Waals surface area contributed by atoms with Crippen LogP contribution < -0.4 is 30.6 Å². The largest absolute Gasteiger partial charge is 0.493 e. The predicted molar refractivity (Wildman–Crippen MR) is 141 cm³/mol. The summed E-state index contributed by atoms with van der Waals surface area (Å²) in [5, 5.41) is 5.93. The summed E-state index contributed by atoms with van der Waals surface area (Å²) < 4.78 is 53.5. The fraction of sp³-hybridized carbons (Fsp3) is 0.292. The minimum Gasteiger partial charge on any atom is -0.493 e. The number of hydrogen-bond donors (Lipinski definition) is 4. The molecule has 1 heterocycles. The molecule has 0 aliphatic heterocycles. The van der Waals surface area contributed by atoms with Gasteiger partial charge in [-0.15, -0.1) is 0 Å². The van der Waals surface area contributed by atoms with Crippen LogP contribution in [0.5, 0.6) is 17.2 Å². The Morgan fingerprint density at radius 2 is 1.84 bits per heavy atom. The summed E-state index contributed by atoms with van der Waals surface area (Å²) in [5.74, 6) is -0.151. The lowest BCUT2D eigenvalue weighted by atomic mass is 10.1. The first-order chi connectivity index (χ1) is 18.2. The molecule has 0 radical (unpaired) electrons. The molecular weight excluding hydrogens is 519 g/mol. The number of nitrogens with two attached hydrogens (primary N) is 1. The summed E-state index contributed by atoms with van der Waals surface area (Å²) in [6.07, 6.45) is 0.907. The van der Waals surface area contributed by atoms with Crippen molar-refractivity contribution in [2.75, 3.05) is 38.5 Å². The van der Waals surface area contributed by atoms with Crippen molar-refractivity contribution in [3.63, 3.8) is 0 Å². The molecule has 1 aromatic heterocycles. The van der Waals surface area contributed by atoms with Gasteiger partial charge in [0.2, 0.25) is 28.9 Å². The Bertz CT molecular complexity index is 1300. The number of hydrogen-bond acceptors (Lipinski definition) is 9. The fourth-order valence-electron chi connectivity index (χ4n) is 3.58. The highest BCUT2D eigenvalue weighted by Crippen LogP contribution is 2.40. The summed E-state index contributed by atoms with van der Waals surface area (Å²) >= 11 is -2.36. The number of benzene rings is 2. The Morgan fingerprint density at radius 3 is 2.42 bits per heavy atom. The van der Waals surface area contributed by atoms with Crippen LogP contribution in [0.15, 0.2) is 36.5 Å². The van der Waals surface area contributed by atoms with Crippen LogP contribution in [0.25, 0.3) is 0 Å². The minimum absolute atomic E-state index is 0.00531. The van der Waals surface area contributed by atoms with E-state index in [9.17, 15) is 17.9 Å². The molecule has 14 heteroatoms. The highest BCUT2D eigenvalue weighted by atomic mass is 32.2. The van der Waals surface area contributed by atoms with Crippen molar-refractivity contribution >= 4 is 40.3 Å². The number of halogens is 1. The Hall–Kier alpha value is -4.01. The maximum atomic E-state index is 14.7. The molecule has 3 rings (SSSR count). The normalized spacial score (nSPS) is 11.7. The van der Waals surface area contributed by atoms with Crippen LogP contribution in [0.2, 0.25) is 0 Å².